The summed E-state index contributed by atoms with van der Waals surface area (Å²) in [4.78, 5) is 14.9. The first-order valence-corrected chi connectivity index (χ1v) is 7.74. The predicted octanol–water partition coefficient (Wildman–Crippen LogP) is 1.75. The quantitative estimate of drug-likeness (QED) is 0.828. The molecule has 6 heteroatoms. The number of likely N-dealkylation sites (tertiary alicyclic amines) is 1. The van der Waals surface area contributed by atoms with Crippen molar-refractivity contribution in [2.45, 2.75) is 24.8 Å². The Bertz CT molecular complexity index is 541. The third kappa shape index (κ3) is 3.93. The number of piperidine rings is 1. The zero-order chi connectivity index (χ0) is 15.5. The molecule has 21 heavy (non-hydrogen) atoms. The summed E-state index contributed by atoms with van der Waals surface area (Å²) in [5.41, 5.74) is 6.13. The number of hydrogen-bond donors (Lipinski definition) is 2. The molecule has 2 rings (SSSR count). The Morgan fingerprint density at radius 3 is 2.62 bits per heavy atom. The van der Waals surface area contributed by atoms with Crippen molar-refractivity contribution in [1.29, 1.82) is 0 Å². The van der Waals surface area contributed by atoms with E-state index in [1.165, 1.54) is 0 Å². The van der Waals surface area contributed by atoms with E-state index >= 15 is 0 Å². The third-order valence-electron chi connectivity index (χ3n) is 4.00. The van der Waals surface area contributed by atoms with Gasteiger partial charge in [-0.05, 0) is 31.5 Å². The molecule has 0 aliphatic carbocycles. The molecule has 1 heterocycles. The first kappa shape index (κ1) is 16.2. The molecule has 1 aromatic rings. The monoisotopic (exact) mass is 325 g/mol. The number of halogens is 1. The third-order valence-corrected chi connectivity index (χ3v) is 4.76. The smallest absolute Gasteiger partial charge is 0.225 e. The van der Waals surface area contributed by atoms with Crippen LogP contribution in [0.15, 0.2) is 24.3 Å². The minimum atomic E-state index is -0.569. The molecule has 1 amide bonds. The molecule has 0 saturated carbocycles. The van der Waals surface area contributed by atoms with Gasteiger partial charge >= 0.3 is 0 Å². The Labute approximate surface area is 135 Å². The molecule has 1 aromatic carbocycles. The molecule has 114 valence electrons. The lowest BCUT2D eigenvalue weighted by atomic mass is 9.87. The van der Waals surface area contributed by atoms with Crippen LogP contribution in [0.3, 0.4) is 0 Å². The summed E-state index contributed by atoms with van der Waals surface area (Å²) in [5.74, 6) is -0.0968. The number of carbonyl (C=O) groups excluding carboxylic acids is 1. The normalized spacial score (nSPS) is 18.2. The van der Waals surface area contributed by atoms with Crippen LogP contribution in [0.2, 0.25) is 5.02 Å². The molecule has 0 spiro atoms. The van der Waals surface area contributed by atoms with Crippen molar-refractivity contribution < 1.29 is 4.79 Å². The summed E-state index contributed by atoms with van der Waals surface area (Å²) in [6.07, 6.45) is 1.72. The zero-order valence-electron chi connectivity index (χ0n) is 12.1. The van der Waals surface area contributed by atoms with Crippen LogP contribution >= 0.6 is 23.8 Å². The maximum atomic E-state index is 12.3. The van der Waals surface area contributed by atoms with Crippen LogP contribution in [0.25, 0.3) is 0 Å². The summed E-state index contributed by atoms with van der Waals surface area (Å²) in [6.45, 7) is 1.73. The van der Waals surface area contributed by atoms with E-state index in [0.717, 1.165) is 31.5 Å². The molecule has 1 aliphatic rings. The van der Waals surface area contributed by atoms with Gasteiger partial charge in [0, 0.05) is 18.1 Å². The van der Waals surface area contributed by atoms with Crippen LogP contribution in [0.4, 0.5) is 0 Å². The highest BCUT2D eigenvalue weighted by Gasteiger charge is 2.37. The van der Waals surface area contributed by atoms with Gasteiger partial charge in [-0.25, -0.2) is 0 Å². The standard InChI is InChI=1S/C15H20ClN3OS/c1-19-8-6-15(7-9-19,14(17)21)18-13(20)10-11-4-2-3-5-12(11)16/h2-5H,6-10H2,1H3,(H2,17,21)(H,18,20). The topological polar surface area (TPSA) is 58.4 Å². The highest BCUT2D eigenvalue weighted by atomic mass is 35.5. The van der Waals surface area contributed by atoms with Crippen molar-refractivity contribution >= 4 is 34.7 Å². The number of thiocarbonyl (C=S) groups is 1. The fourth-order valence-corrected chi connectivity index (χ4v) is 3.02. The van der Waals surface area contributed by atoms with Gasteiger partial charge in [-0.15, -0.1) is 0 Å². The molecule has 0 aromatic heterocycles. The number of benzene rings is 1. The molecule has 0 radical (unpaired) electrons. The Morgan fingerprint density at radius 1 is 1.43 bits per heavy atom. The maximum absolute atomic E-state index is 12.3. The van der Waals surface area contributed by atoms with Gasteiger partial charge in [-0.3, -0.25) is 4.79 Å². The summed E-state index contributed by atoms with van der Waals surface area (Å²) in [7, 11) is 2.05. The molecule has 0 bridgehead atoms. The van der Waals surface area contributed by atoms with E-state index < -0.39 is 5.54 Å². The van der Waals surface area contributed by atoms with Gasteiger partial charge in [0.15, 0.2) is 0 Å². The van der Waals surface area contributed by atoms with Crippen molar-refractivity contribution in [3.05, 3.63) is 34.9 Å². The highest BCUT2D eigenvalue weighted by Crippen LogP contribution is 2.23. The van der Waals surface area contributed by atoms with Crippen molar-refractivity contribution in [3.63, 3.8) is 0 Å². The van der Waals surface area contributed by atoms with Crippen LogP contribution in [0, 0.1) is 0 Å². The van der Waals surface area contributed by atoms with Gasteiger partial charge < -0.3 is 16.0 Å². The Hall–Kier alpha value is -1.17. The SMILES string of the molecule is CN1CCC(NC(=O)Cc2ccccc2Cl)(C(N)=S)CC1. The highest BCUT2D eigenvalue weighted by molar-refractivity contribution is 7.80. The van der Waals surface area contributed by atoms with E-state index in [4.69, 9.17) is 29.6 Å². The predicted molar refractivity (Wildman–Crippen MR) is 89.5 cm³/mol. The fourth-order valence-electron chi connectivity index (χ4n) is 2.56. The van der Waals surface area contributed by atoms with Gasteiger partial charge in [-0.1, -0.05) is 42.0 Å². The minimum Gasteiger partial charge on any atom is -0.391 e. The second-order valence-electron chi connectivity index (χ2n) is 5.57. The largest absolute Gasteiger partial charge is 0.391 e. The summed E-state index contributed by atoms with van der Waals surface area (Å²) >= 11 is 11.3. The van der Waals surface area contributed by atoms with Crippen LogP contribution in [0.5, 0.6) is 0 Å². The summed E-state index contributed by atoms with van der Waals surface area (Å²) < 4.78 is 0. The van der Waals surface area contributed by atoms with E-state index in [-0.39, 0.29) is 12.3 Å². The second kappa shape index (κ2) is 6.73. The van der Waals surface area contributed by atoms with Crippen LogP contribution < -0.4 is 11.1 Å². The molecule has 0 unspecified atom stereocenters. The lowest BCUT2D eigenvalue weighted by Gasteiger charge is -2.40. The van der Waals surface area contributed by atoms with Crippen molar-refractivity contribution in [1.82, 2.24) is 10.2 Å². The van der Waals surface area contributed by atoms with E-state index in [1.807, 2.05) is 18.2 Å². The average Bonchev–Trinajstić information content (AvgIpc) is 2.44. The first-order valence-electron chi connectivity index (χ1n) is 6.96. The van der Waals surface area contributed by atoms with Gasteiger partial charge in [-0.2, -0.15) is 0 Å². The Morgan fingerprint density at radius 2 is 2.05 bits per heavy atom. The summed E-state index contributed by atoms with van der Waals surface area (Å²) in [6, 6.07) is 7.34. The number of hydrogen-bond acceptors (Lipinski definition) is 3. The number of amides is 1. The van der Waals surface area contributed by atoms with Crippen LogP contribution in [-0.2, 0) is 11.2 Å². The summed E-state index contributed by atoms with van der Waals surface area (Å²) in [5, 5.41) is 3.64. The maximum Gasteiger partial charge on any atom is 0.225 e. The van der Waals surface area contributed by atoms with Gasteiger partial charge in [0.1, 0.15) is 0 Å². The molecule has 1 fully saturated rings. The van der Waals surface area contributed by atoms with E-state index in [2.05, 4.69) is 17.3 Å². The van der Waals surface area contributed by atoms with Crippen molar-refractivity contribution in [3.8, 4) is 0 Å². The molecular formula is C15H20ClN3OS. The number of rotatable bonds is 4. The van der Waals surface area contributed by atoms with E-state index in [1.54, 1.807) is 6.07 Å². The van der Waals surface area contributed by atoms with Crippen molar-refractivity contribution in [2.75, 3.05) is 20.1 Å². The average molecular weight is 326 g/mol. The molecular weight excluding hydrogens is 306 g/mol. The lowest BCUT2D eigenvalue weighted by molar-refractivity contribution is -0.122. The Kier molecular flexibility index (Phi) is 5.19. The number of nitrogens with two attached hydrogens (primary N) is 1. The number of nitrogens with zero attached hydrogens (tertiary/aromatic N) is 1. The minimum absolute atomic E-state index is 0.0968. The van der Waals surface area contributed by atoms with Gasteiger partial charge in [0.2, 0.25) is 5.91 Å². The Balaban J connectivity index is 2.06. The molecule has 1 aliphatic heterocycles. The van der Waals surface area contributed by atoms with E-state index in [0.29, 0.717) is 10.0 Å². The molecule has 0 atom stereocenters. The molecule has 1 saturated heterocycles. The second-order valence-corrected chi connectivity index (χ2v) is 6.41. The fraction of sp³-hybridized carbons (Fsp3) is 0.467. The first-order chi connectivity index (χ1) is 9.93. The van der Waals surface area contributed by atoms with Crippen LogP contribution in [0.1, 0.15) is 18.4 Å². The zero-order valence-corrected chi connectivity index (χ0v) is 13.6. The van der Waals surface area contributed by atoms with Gasteiger partial charge in [0.05, 0.1) is 16.9 Å². The van der Waals surface area contributed by atoms with Crippen molar-refractivity contribution in [2.24, 2.45) is 5.73 Å². The van der Waals surface area contributed by atoms with Gasteiger partial charge in [0.25, 0.3) is 0 Å². The van der Waals surface area contributed by atoms with Crippen LogP contribution in [-0.4, -0.2) is 41.5 Å². The number of carbonyl (C=O) groups is 1. The lowest BCUT2D eigenvalue weighted by Crippen LogP contribution is -2.61. The number of nitrogens with one attached hydrogen (secondary N) is 1. The molecule has 4 nitrogen and oxygen atoms in total. The van der Waals surface area contributed by atoms with E-state index in [9.17, 15) is 4.79 Å². The molecule has 3 N–H and O–H groups in total.